The molecule has 1 aromatic heterocycles. The Morgan fingerprint density at radius 3 is 2.55 bits per heavy atom. The Bertz CT molecular complexity index is 240. The van der Waals surface area contributed by atoms with Crippen molar-refractivity contribution < 1.29 is 4.74 Å². The average Bonchev–Trinajstić information content (AvgIpc) is 1.94. The van der Waals surface area contributed by atoms with Crippen LogP contribution in [0.4, 0.5) is 0 Å². The fourth-order valence-electron chi connectivity index (χ4n) is 0.659. The number of ether oxygens (including phenoxy) is 1. The van der Waals surface area contributed by atoms with Crippen molar-refractivity contribution in [2.45, 2.75) is 6.92 Å². The predicted molar refractivity (Wildman–Crippen MR) is 48.2 cm³/mol. The van der Waals surface area contributed by atoms with E-state index in [2.05, 4.69) is 20.9 Å². The molecule has 0 saturated heterocycles. The van der Waals surface area contributed by atoms with Crippen LogP contribution in [0.5, 0.6) is 5.88 Å². The zero-order valence-corrected chi connectivity index (χ0v) is 8.18. The summed E-state index contributed by atoms with van der Waals surface area (Å²) in [5.74, 6) is 0.639. The third kappa shape index (κ3) is 2.48. The van der Waals surface area contributed by atoms with Gasteiger partial charge < -0.3 is 10.9 Å². The standard InChI is InChI=1S/C7H8BrNO.H3N/c1-5-3-4-6(8)7(9-5)10-2;/h3-4H,1-2H3;1H3. The van der Waals surface area contributed by atoms with Crippen LogP contribution >= 0.6 is 15.9 Å². The summed E-state index contributed by atoms with van der Waals surface area (Å²) < 4.78 is 5.86. The molecule has 0 aliphatic heterocycles. The lowest BCUT2D eigenvalue weighted by Crippen LogP contribution is -1.89. The van der Waals surface area contributed by atoms with Crippen molar-refractivity contribution in [1.82, 2.24) is 11.1 Å². The summed E-state index contributed by atoms with van der Waals surface area (Å²) in [6.45, 7) is 1.93. The third-order valence-electron chi connectivity index (χ3n) is 1.15. The van der Waals surface area contributed by atoms with E-state index < -0.39 is 0 Å². The van der Waals surface area contributed by atoms with Crippen molar-refractivity contribution in [3.05, 3.63) is 22.3 Å². The highest BCUT2D eigenvalue weighted by molar-refractivity contribution is 9.10. The van der Waals surface area contributed by atoms with E-state index in [1.807, 2.05) is 19.1 Å². The number of aryl methyl sites for hydroxylation is 1. The van der Waals surface area contributed by atoms with Crippen LogP contribution < -0.4 is 10.9 Å². The Morgan fingerprint density at radius 1 is 1.45 bits per heavy atom. The molecule has 0 spiro atoms. The number of halogens is 1. The van der Waals surface area contributed by atoms with E-state index in [1.165, 1.54) is 0 Å². The minimum absolute atomic E-state index is 0. The summed E-state index contributed by atoms with van der Waals surface area (Å²) in [6.07, 6.45) is 0. The smallest absolute Gasteiger partial charge is 0.227 e. The van der Waals surface area contributed by atoms with Crippen LogP contribution in [0.2, 0.25) is 0 Å². The first-order chi connectivity index (χ1) is 4.74. The van der Waals surface area contributed by atoms with Crippen LogP contribution in [0.3, 0.4) is 0 Å². The van der Waals surface area contributed by atoms with Crippen LogP contribution in [0.15, 0.2) is 16.6 Å². The maximum absolute atomic E-state index is 4.97. The van der Waals surface area contributed by atoms with Gasteiger partial charge in [0.15, 0.2) is 0 Å². The number of methoxy groups -OCH3 is 1. The molecule has 0 aliphatic carbocycles. The molecule has 1 aromatic rings. The minimum atomic E-state index is 0. The first kappa shape index (κ1) is 10.4. The Labute approximate surface area is 74.5 Å². The molecule has 0 aliphatic rings. The van der Waals surface area contributed by atoms with Crippen molar-refractivity contribution in [2.75, 3.05) is 7.11 Å². The molecule has 0 bridgehead atoms. The molecular weight excluding hydrogens is 208 g/mol. The molecule has 0 fully saturated rings. The van der Waals surface area contributed by atoms with Gasteiger partial charge >= 0.3 is 0 Å². The number of aromatic nitrogens is 1. The molecule has 0 amide bonds. The summed E-state index contributed by atoms with van der Waals surface area (Å²) in [5, 5.41) is 0. The Balaban J connectivity index is 0.000001000. The first-order valence-electron chi connectivity index (χ1n) is 2.91. The molecule has 3 nitrogen and oxygen atoms in total. The van der Waals surface area contributed by atoms with E-state index in [0.717, 1.165) is 10.2 Å². The highest BCUT2D eigenvalue weighted by Gasteiger charge is 1.98. The monoisotopic (exact) mass is 218 g/mol. The first-order valence-corrected chi connectivity index (χ1v) is 3.70. The van der Waals surface area contributed by atoms with Crippen molar-refractivity contribution in [2.24, 2.45) is 0 Å². The molecule has 0 radical (unpaired) electrons. The lowest BCUT2D eigenvalue weighted by molar-refractivity contribution is 0.394. The molecule has 0 atom stereocenters. The van der Waals surface area contributed by atoms with Gasteiger partial charge in [0.1, 0.15) is 0 Å². The summed E-state index contributed by atoms with van der Waals surface area (Å²) >= 11 is 3.30. The number of nitrogens with zero attached hydrogens (tertiary/aromatic N) is 1. The molecule has 1 heterocycles. The second kappa shape index (κ2) is 4.31. The maximum atomic E-state index is 4.97. The minimum Gasteiger partial charge on any atom is -0.480 e. The highest BCUT2D eigenvalue weighted by Crippen LogP contribution is 2.21. The van der Waals surface area contributed by atoms with Crippen molar-refractivity contribution in [3.63, 3.8) is 0 Å². The molecule has 0 unspecified atom stereocenters. The quantitative estimate of drug-likeness (QED) is 0.788. The van der Waals surface area contributed by atoms with Gasteiger partial charge in [-0.05, 0) is 35.0 Å². The number of pyridine rings is 1. The number of rotatable bonds is 1. The molecule has 3 N–H and O–H groups in total. The lowest BCUT2D eigenvalue weighted by Gasteiger charge is -2.00. The van der Waals surface area contributed by atoms with E-state index in [1.54, 1.807) is 7.11 Å². The van der Waals surface area contributed by atoms with Gasteiger partial charge in [-0.3, -0.25) is 0 Å². The van der Waals surface area contributed by atoms with E-state index in [0.29, 0.717) is 5.88 Å². The van der Waals surface area contributed by atoms with Gasteiger partial charge in [-0.15, -0.1) is 0 Å². The van der Waals surface area contributed by atoms with Crippen LogP contribution in [0.1, 0.15) is 5.69 Å². The van der Waals surface area contributed by atoms with Crippen LogP contribution in [-0.4, -0.2) is 12.1 Å². The summed E-state index contributed by atoms with van der Waals surface area (Å²) in [6, 6.07) is 3.84. The van der Waals surface area contributed by atoms with Crippen LogP contribution in [0, 0.1) is 6.92 Å². The van der Waals surface area contributed by atoms with Gasteiger partial charge in [0.2, 0.25) is 5.88 Å². The number of hydrogen-bond acceptors (Lipinski definition) is 3. The molecule has 62 valence electrons. The summed E-state index contributed by atoms with van der Waals surface area (Å²) in [4.78, 5) is 4.12. The molecule has 4 heteroatoms. The zero-order valence-electron chi connectivity index (χ0n) is 6.60. The Morgan fingerprint density at radius 2 is 2.09 bits per heavy atom. The topological polar surface area (TPSA) is 57.1 Å². The fraction of sp³-hybridized carbons (Fsp3) is 0.286. The SMILES string of the molecule is COc1nc(C)ccc1Br.N. The molecule has 11 heavy (non-hydrogen) atoms. The fourth-order valence-corrected chi connectivity index (χ4v) is 1.04. The van der Waals surface area contributed by atoms with Crippen LogP contribution in [0.25, 0.3) is 0 Å². The van der Waals surface area contributed by atoms with Gasteiger partial charge in [0.25, 0.3) is 0 Å². The van der Waals surface area contributed by atoms with Gasteiger partial charge in [-0.2, -0.15) is 0 Å². The van der Waals surface area contributed by atoms with Crippen molar-refractivity contribution in [1.29, 1.82) is 0 Å². The summed E-state index contributed by atoms with van der Waals surface area (Å²) in [5.41, 5.74) is 0.958. The summed E-state index contributed by atoms with van der Waals surface area (Å²) in [7, 11) is 1.60. The van der Waals surface area contributed by atoms with Gasteiger partial charge in [0.05, 0.1) is 11.6 Å². The third-order valence-corrected chi connectivity index (χ3v) is 1.75. The molecule has 0 saturated carbocycles. The normalized spacial score (nSPS) is 8.64. The molecular formula is C7H11BrN2O. The van der Waals surface area contributed by atoms with E-state index in [4.69, 9.17) is 4.74 Å². The van der Waals surface area contributed by atoms with Crippen molar-refractivity contribution in [3.8, 4) is 5.88 Å². The van der Waals surface area contributed by atoms with Crippen LogP contribution in [-0.2, 0) is 0 Å². The number of hydrogen-bond donors (Lipinski definition) is 1. The second-order valence-corrected chi connectivity index (χ2v) is 2.80. The second-order valence-electron chi connectivity index (χ2n) is 1.94. The predicted octanol–water partition coefficient (Wildman–Crippen LogP) is 2.32. The molecule has 1 rings (SSSR count). The van der Waals surface area contributed by atoms with Gasteiger partial charge in [0, 0.05) is 5.69 Å². The average molecular weight is 219 g/mol. The van der Waals surface area contributed by atoms with Crippen molar-refractivity contribution >= 4 is 15.9 Å². The van der Waals surface area contributed by atoms with E-state index >= 15 is 0 Å². The maximum Gasteiger partial charge on any atom is 0.227 e. The Hall–Kier alpha value is -0.610. The largest absolute Gasteiger partial charge is 0.480 e. The highest BCUT2D eigenvalue weighted by atomic mass is 79.9. The Kier molecular flexibility index (Phi) is 4.07. The van der Waals surface area contributed by atoms with E-state index in [-0.39, 0.29) is 6.15 Å². The van der Waals surface area contributed by atoms with E-state index in [9.17, 15) is 0 Å². The zero-order chi connectivity index (χ0) is 7.56. The van der Waals surface area contributed by atoms with Gasteiger partial charge in [-0.1, -0.05) is 0 Å². The molecule has 0 aromatic carbocycles. The lowest BCUT2D eigenvalue weighted by atomic mass is 10.4. The van der Waals surface area contributed by atoms with Gasteiger partial charge in [-0.25, -0.2) is 4.98 Å².